The fourth-order valence-corrected chi connectivity index (χ4v) is 2.31. The number of aromatic nitrogens is 4. The molecule has 0 saturated heterocycles. The van der Waals surface area contributed by atoms with E-state index in [0.717, 1.165) is 29.6 Å². The van der Waals surface area contributed by atoms with Crippen LogP contribution in [0.3, 0.4) is 0 Å². The third-order valence-electron chi connectivity index (χ3n) is 3.22. The maximum Gasteiger partial charge on any atom is 0.348 e. The number of halogens is 1. The van der Waals surface area contributed by atoms with Crippen molar-refractivity contribution in [1.29, 1.82) is 0 Å². The van der Waals surface area contributed by atoms with Crippen molar-refractivity contribution in [1.82, 2.24) is 19.6 Å². The zero-order valence-electron chi connectivity index (χ0n) is 9.35. The quantitative estimate of drug-likeness (QED) is 0.729. The molecule has 0 unspecified atom stereocenters. The number of benzene rings is 1. The van der Waals surface area contributed by atoms with Gasteiger partial charge in [-0.25, -0.2) is 9.78 Å². The third-order valence-corrected chi connectivity index (χ3v) is 3.46. The summed E-state index contributed by atoms with van der Waals surface area (Å²) in [6, 6.07) is 5.33. The van der Waals surface area contributed by atoms with Gasteiger partial charge in [0.1, 0.15) is 0 Å². The largest absolute Gasteiger partial charge is 0.348 e. The Hall–Kier alpha value is -1.88. The number of H-pyrrole nitrogens is 1. The van der Waals surface area contributed by atoms with Crippen LogP contribution < -0.4 is 5.69 Å². The molecular formula is C12H9ClN4O. The topological polar surface area (TPSA) is 63.0 Å². The molecule has 0 amide bonds. The van der Waals surface area contributed by atoms with E-state index >= 15 is 0 Å². The van der Waals surface area contributed by atoms with Crippen LogP contribution in [0.15, 0.2) is 23.0 Å². The number of rotatable bonds is 1. The van der Waals surface area contributed by atoms with Gasteiger partial charge in [-0.15, -0.1) is 5.10 Å². The summed E-state index contributed by atoms with van der Waals surface area (Å²) in [5.74, 6) is 1.17. The molecule has 4 rings (SSSR count). The minimum atomic E-state index is -0.265. The Morgan fingerprint density at radius 3 is 3.00 bits per heavy atom. The molecule has 0 aliphatic heterocycles. The minimum Gasteiger partial charge on any atom is -0.305 e. The fraction of sp³-hybridized carbons (Fsp3) is 0.250. The molecular weight excluding hydrogens is 252 g/mol. The standard InChI is InChI=1S/C12H9ClN4O/c13-7-3-4-9-8(5-7)11-15-10(6-1-2-6)16-17(11)12(18)14-9/h3-6H,1-2H2,(H,14,18). The monoisotopic (exact) mass is 260 g/mol. The first-order chi connectivity index (χ1) is 8.72. The van der Waals surface area contributed by atoms with Crippen molar-refractivity contribution < 1.29 is 0 Å². The van der Waals surface area contributed by atoms with Crippen LogP contribution in [-0.2, 0) is 0 Å². The van der Waals surface area contributed by atoms with E-state index < -0.39 is 0 Å². The number of fused-ring (bicyclic) bond motifs is 3. The number of hydrogen-bond acceptors (Lipinski definition) is 3. The highest BCUT2D eigenvalue weighted by Gasteiger charge is 2.28. The van der Waals surface area contributed by atoms with Gasteiger partial charge in [-0.1, -0.05) is 11.6 Å². The van der Waals surface area contributed by atoms with Crippen LogP contribution in [0.25, 0.3) is 16.6 Å². The average molecular weight is 261 g/mol. The molecule has 2 heterocycles. The molecule has 6 heteroatoms. The lowest BCUT2D eigenvalue weighted by molar-refractivity contribution is 0.834. The van der Waals surface area contributed by atoms with E-state index in [9.17, 15) is 4.79 Å². The molecule has 1 aliphatic carbocycles. The Balaban J connectivity index is 2.17. The summed E-state index contributed by atoms with van der Waals surface area (Å²) in [4.78, 5) is 19.2. The lowest BCUT2D eigenvalue weighted by atomic mass is 10.2. The van der Waals surface area contributed by atoms with Gasteiger partial charge >= 0.3 is 5.69 Å². The molecule has 2 aromatic heterocycles. The number of hydrogen-bond donors (Lipinski definition) is 1. The van der Waals surface area contributed by atoms with Gasteiger partial charge in [-0.2, -0.15) is 4.52 Å². The molecule has 1 fully saturated rings. The molecule has 1 N–H and O–H groups in total. The van der Waals surface area contributed by atoms with Crippen molar-refractivity contribution in [3.05, 3.63) is 39.5 Å². The van der Waals surface area contributed by atoms with Gasteiger partial charge in [0.2, 0.25) is 0 Å². The second-order valence-corrected chi connectivity index (χ2v) is 5.04. The molecule has 1 aromatic carbocycles. The van der Waals surface area contributed by atoms with Crippen LogP contribution in [-0.4, -0.2) is 19.6 Å². The van der Waals surface area contributed by atoms with Gasteiger partial charge in [0.25, 0.3) is 0 Å². The van der Waals surface area contributed by atoms with Crippen molar-refractivity contribution >= 4 is 28.2 Å². The molecule has 0 bridgehead atoms. The molecule has 18 heavy (non-hydrogen) atoms. The van der Waals surface area contributed by atoms with Gasteiger partial charge in [-0.05, 0) is 31.0 Å². The zero-order valence-corrected chi connectivity index (χ0v) is 10.1. The lowest BCUT2D eigenvalue weighted by Gasteiger charge is -1.99. The Morgan fingerprint density at radius 2 is 2.22 bits per heavy atom. The van der Waals surface area contributed by atoms with Crippen molar-refractivity contribution in [2.45, 2.75) is 18.8 Å². The predicted molar refractivity (Wildman–Crippen MR) is 68.1 cm³/mol. The number of aromatic amines is 1. The Bertz CT molecular complexity index is 831. The summed E-state index contributed by atoms with van der Waals surface area (Å²) < 4.78 is 1.33. The predicted octanol–water partition coefficient (Wildman–Crippen LogP) is 2.10. The van der Waals surface area contributed by atoms with Crippen molar-refractivity contribution in [2.75, 3.05) is 0 Å². The molecule has 90 valence electrons. The van der Waals surface area contributed by atoms with Crippen LogP contribution in [0.1, 0.15) is 24.6 Å². The van der Waals surface area contributed by atoms with Gasteiger partial charge in [0.15, 0.2) is 11.5 Å². The van der Waals surface area contributed by atoms with Crippen molar-refractivity contribution in [3.8, 4) is 0 Å². The lowest BCUT2D eigenvalue weighted by Crippen LogP contribution is -2.17. The van der Waals surface area contributed by atoms with Crippen molar-refractivity contribution in [2.24, 2.45) is 0 Å². The summed E-state index contributed by atoms with van der Waals surface area (Å²) in [7, 11) is 0. The molecule has 1 aliphatic rings. The summed E-state index contributed by atoms with van der Waals surface area (Å²) in [5, 5.41) is 5.71. The first-order valence-corrected chi connectivity index (χ1v) is 6.18. The molecule has 5 nitrogen and oxygen atoms in total. The van der Waals surface area contributed by atoms with Gasteiger partial charge in [0.05, 0.1) is 5.52 Å². The van der Waals surface area contributed by atoms with Crippen molar-refractivity contribution in [3.63, 3.8) is 0 Å². The van der Waals surface area contributed by atoms with Gasteiger partial charge in [0, 0.05) is 16.3 Å². The van der Waals surface area contributed by atoms with Crippen LogP contribution in [0.2, 0.25) is 5.02 Å². The summed E-state index contributed by atoms with van der Waals surface area (Å²) in [6.07, 6.45) is 2.21. The second-order valence-electron chi connectivity index (χ2n) is 4.60. The molecule has 1 saturated carbocycles. The second kappa shape index (κ2) is 3.32. The van der Waals surface area contributed by atoms with Crippen LogP contribution >= 0.6 is 11.6 Å². The van der Waals surface area contributed by atoms with Gasteiger partial charge in [-0.3, -0.25) is 0 Å². The number of nitrogens with one attached hydrogen (secondary N) is 1. The van der Waals surface area contributed by atoms with E-state index in [0.29, 0.717) is 16.6 Å². The molecule has 3 aromatic rings. The molecule has 0 spiro atoms. The Morgan fingerprint density at radius 1 is 1.39 bits per heavy atom. The first kappa shape index (κ1) is 10.1. The van der Waals surface area contributed by atoms with E-state index in [-0.39, 0.29) is 5.69 Å². The normalized spacial score (nSPS) is 15.6. The van der Waals surface area contributed by atoms with Crippen LogP contribution in [0, 0.1) is 0 Å². The third kappa shape index (κ3) is 1.37. The average Bonchev–Trinajstić information content (AvgIpc) is 3.10. The van der Waals surface area contributed by atoms with E-state index in [1.54, 1.807) is 18.2 Å². The smallest absolute Gasteiger partial charge is 0.305 e. The highest BCUT2D eigenvalue weighted by molar-refractivity contribution is 6.31. The first-order valence-electron chi connectivity index (χ1n) is 5.80. The van der Waals surface area contributed by atoms with Crippen LogP contribution in [0.5, 0.6) is 0 Å². The van der Waals surface area contributed by atoms with Gasteiger partial charge < -0.3 is 4.98 Å². The number of nitrogens with zero attached hydrogens (tertiary/aromatic N) is 3. The zero-order chi connectivity index (χ0) is 12.3. The van der Waals surface area contributed by atoms with E-state index in [2.05, 4.69) is 15.1 Å². The van der Waals surface area contributed by atoms with Crippen LogP contribution in [0.4, 0.5) is 0 Å². The SMILES string of the molecule is O=c1[nH]c2ccc(Cl)cc2c2nc(C3CC3)nn12. The summed E-state index contributed by atoms with van der Waals surface area (Å²) >= 11 is 5.99. The summed E-state index contributed by atoms with van der Waals surface area (Å²) in [6.45, 7) is 0. The van der Waals surface area contributed by atoms with E-state index in [1.807, 2.05) is 0 Å². The Labute approximate surface area is 106 Å². The Kier molecular flexibility index (Phi) is 1.86. The highest BCUT2D eigenvalue weighted by Crippen LogP contribution is 2.38. The maximum absolute atomic E-state index is 11.9. The molecule has 0 radical (unpaired) electrons. The highest BCUT2D eigenvalue weighted by atomic mass is 35.5. The minimum absolute atomic E-state index is 0.265. The fourth-order valence-electron chi connectivity index (χ4n) is 2.14. The summed E-state index contributed by atoms with van der Waals surface area (Å²) in [5.41, 5.74) is 1.05. The van der Waals surface area contributed by atoms with E-state index in [4.69, 9.17) is 11.6 Å². The van der Waals surface area contributed by atoms with E-state index in [1.165, 1.54) is 4.52 Å². The maximum atomic E-state index is 11.9. The molecule has 0 atom stereocenters.